The molecule has 2 saturated carbocycles. The van der Waals surface area contributed by atoms with Crippen LogP contribution in [0.2, 0.25) is 5.02 Å². The molecule has 0 aliphatic heterocycles. The fourth-order valence-corrected chi connectivity index (χ4v) is 4.85. The van der Waals surface area contributed by atoms with Crippen molar-refractivity contribution >= 4 is 27.5 Å². The van der Waals surface area contributed by atoms with Crippen LogP contribution in [0, 0.1) is 16.7 Å². The summed E-state index contributed by atoms with van der Waals surface area (Å²) in [6.45, 7) is 8.31. The SMILES string of the molecule is CC1(C)C2CCC1(C)C(NCc1ccc(Br)c(Cl)c1)C2. The fourth-order valence-electron chi connectivity index (χ4n) is 4.40. The number of hydrogen-bond donors (Lipinski definition) is 1. The van der Waals surface area contributed by atoms with Crippen molar-refractivity contribution < 1.29 is 0 Å². The maximum absolute atomic E-state index is 6.17. The maximum atomic E-state index is 6.17. The van der Waals surface area contributed by atoms with E-state index in [9.17, 15) is 0 Å². The summed E-state index contributed by atoms with van der Waals surface area (Å²) in [6, 6.07) is 6.87. The predicted octanol–water partition coefficient (Wildman–Crippen LogP) is 5.41. The van der Waals surface area contributed by atoms with Crippen molar-refractivity contribution in [3.63, 3.8) is 0 Å². The Morgan fingerprint density at radius 3 is 2.65 bits per heavy atom. The third kappa shape index (κ3) is 2.15. The first-order chi connectivity index (χ1) is 9.34. The first-order valence-corrected chi connectivity index (χ1v) is 8.69. The van der Waals surface area contributed by atoms with Crippen LogP contribution < -0.4 is 5.32 Å². The topological polar surface area (TPSA) is 12.0 Å². The van der Waals surface area contributed by atoms with Crippen LogP contribution in [0.5, 0.6) is 0 Å². The van der Waals surface area contributed by atoms with Gasteiger partial charge in [-0.15, -0.1) is 0 Å². The molecule has 0 amide bonds. The summed E-state index contributed by atoms with van der Waals surface area (Å²) in [5, 5.41) is 4.59. The first kappa shape index (κ1) is 14.9. The van der Waals surface area contributed by atoms with Crippen molar-refractivity contribution in [3.8, 4) is 0 Å². The van der Waals surface area contributed by atoms with Crippen LogP contribution in [-0.2, 0) is 6.54 Å². The number of fused-ring (bicyclic) bond motifs is 2. The van der Waals surface area contributed by atoms with Gasteiger partial charge in [-0.25, -0.2) is 0 Å². The van der Waals surface area contributed by atoms with E-state index in [1.54, 1.807) is 0 Å². The Hall–Kier alpha value is -0.0500. The van der Waals surface area contributed by atoms with E-state index in [2.05, 4.69) is 54.2 Å². The van der Waals surface area contributed by atoms with Gasteiger partial charge < -0.3 is 5.32 Å². The summed E-state index contributed by atoms with van der Waals surface area (Å²) in [7, 11) is 0. The Morgan fingerprint density at radius 2 is 2.10 bits per heavy atom. The molecule has 2 fully saturated rings. The molecule has 3 unspecified atom stereocenters. The smallest absolute Gasteiger partial charge is 0.0551 e. The van der Waals surface area contributed by atoms with E-state index in [4.69, 9.17) is 11.6 Å². The fraction of sp³-hybridized carbons (Fsp3) is 0.647. The van der Waals surface area contributed by atoms with Gasteiger partial charge in [-0.1, -0.05) is 38.4 Å². The molecule has 3 heteroatoms. The third-order valence-corrected chi connectivity index (χ3v) is 7.56. The second kappa shape index (κ2) is 5.00. The van der Waals surface area contributed by atoms with Gasteiger partial charge in [0.15, 0.2) is 0 Å². The Bertz CT molecular complexity index is 528. The van der Waals surface area contributed by atoms with Crippen molar-refractivity contribution in [1.29, 1.82) is 0 Å². The molecule has 0 saturated heterocycles. The normalized spacial score (nSPS) is 34.6. The summed E-state index contributed by atoms with van der Waals surface area (Å²) >= 11 is 9.61. The summed E-state index contributed by atoms with van der Waals surface area (Å²) < 4.78 is 0.968. The van der Waals surface area contributed by atoms with Gasteiger partial charge >= 0.3 is 0 Å². The molecule has 2 aliphatic carbocycles. The minimum Gasteiger partial charge on any atom is -0.309 e. The molecule has 0 aromatic heterocycles. The third-order valence-electron chi connectivity index (χ3n) is 6.33. The van der Waals surface area contributed by atoms with E-state index < -0.39 is 0 Å². The van der Waals surface area contributed by atoms with E-state index in [-0.39, 0.29) is 0 Å². The highest BCUT2D eigenvalue weighted by Crippen LogP contribution is 2.65. The largest absolute Gasteiger partial charge is 0.309 e. The highest BCUT2D eigenvalue weighted by molar-refractivity contribution is 9.10. The van der Waals surface area contributed by atoms with Crippen LogP contribution in [0.4, 0.5) is 0 Å². The average Bonchev–Trinajstić information content (AvgIpc) is 2.73. The lowest BCUT2D eigenvalue weighted by Crippen LogP contribution is -2.44. The molecule has 1 N–H and O–H groups in total. The lowest BCUT2D eigenvalue weighted by atomic mass is 9.69. The van der Waals surface area contributed by atoms with Crippen LogP contribution in [0.15, 0.2) is 22.7 Å². The number of rotatable bonds is 3. The van der Waals surface area contributed by atoms with Gasteiger partial charge in [-0.2, -0.15) is 0 Å². The predicted molar refractivity (Wildman–Crippen MR) is 89.0 cm³/mol. The number of hydrogen-bond acceptors (Lipinski definition) is 1. The van der Waals surface area contributed by atoms with Crippen molar-refractivity contribution in [2.45, 2.75) is 52.6 Å². The molecule has 3 rings (SSSR count). The summed E-state index contributed by atoms with van der Waals surface area (Å²) in [5.41, 5.74) is 2.18. The molecule has 3 atom stereocenters. The molecular formula is C17H23BrClN. The molecule has 2 aliphatic rings. The average molecular weight is 357 g/mol. The Kier molecular flexibility index (Phi) is 3.72. The van der Waals surface area contributed by atoms with E-state index in [1.165, 1.54) is 24.8 Å². The van der Waals surface area contributed by atoms with Crippen molar-refractivity contribution in [2.24, 2.45) is 16.7 Å². The highest BCUT2D eigenvalue weighted by Gasteiger charge is 2.60. The van der Waals surface area contributed by atoms with Crippen molar-refractivity contribution in [2.75, 3.05) is 0 Å². The molecule has 2 bridgehead atoms. The Balaban J connectivity index is 1.69. The van der Waals surface area contributed by atoms with E-state index in [1.807, 2.05) is 6.07 Å². The zero-order chi connectivity index (χ0) is 14.5. The number of halogens is 2. The molecule has 0 heterocycles. The molecule has 1 nitrogen and oxygen atoms in total. The van der Waals surface area contributed by atoms with Crippen LogP contribution in [0.3, 0.4) is 0 Å². The minimum atomic E-state index is 0.441. The molecule has 1 aromatic rings. The molecule has 110 valence electrons. The van der Waals surface area contributed by atoms with Crippen LogP contribution in [-0.4, -0.2) is 6.04 Å². The second-order valence-electron chi connectivity index (χ2n) is 7.29. The highest BCUT2D eigenvalue weighted by atomic mass is 79.9. The quantitative estimate of drug-likeness (QED) is 0.764. The first-order valence-electron chi connectivity index (χ1n) is 7.52. The van der Waals surface area contributed by atoms with Gasteiger partial charge in [0.05, 0.1) is 5.02 Å². The van der Waals surface area contributed by atoms with E-state index in [0.29, 0.717) is 16.9 Å². The van der Waals surface area contributed by atoms with Crippen molar-refractivity contribution in [1.82, 2.24) is 5.32 Å². The van der Waals surface area contributed by atoms with Gasteiger partial charge in [0.2, 0.25) is 0 Å². The van der Waals surface area contributed by atoms with Gasteiger partial charge in [0.25, 0.3) is 0 Å². The lowest BCUT2D eigenvalue weighted by Gasteiger charge is -2.39. The van der Waals surface area contributed by atoms with Crippen LogP contribution in [0.1, 0.15) is 45.6 Å². The van der Waals surface area contributed by atoms with Crippen LogP contribution in [0.25, 0.3) is 0 Å². The molecule has 0 radical (unpaired) electrons. The Labute approximate surface area is 135 Å². The summed E-state index contributed by atoms with van der Waals surface area (Å²) in [4.78, 5) is 0. The zero-order valence-electron chi connectivity index (χ0n) is 12.5. The second-order valence-corrected chi connectivity index (χ2v) is 8.55. The van der Waals surface area contributed by atoms with E-state index in [0.717, 1.165) is 22.0 Å². The molecular weight excluding hydrogens is 334 g/mol. The lowest BCUT2D eigenvalue weighted by molar-refractivity contribution is 0.120. The maximum Gasteiger partial charge on any atom is 0.0551 e. The van der Waals surface area contributed by atoms with Gasteiger partial charge in [0.1, 0.15) is 0 Å². The van der Waals surface area contributed by atoms with Gasteiger partial charge in [-0.3, -0.25) is 0 Å². The van der Waals surface area contributed by atoms with Gasteiger partial charge in [0, 0.05) is 17.1 Å². The molecule has 1 aromatic carbocycles. The van der Waals surface area contributed by atoms with Crippen molar-refractivity contribution in [3.05, 3.63) is 33.3 Å². The molecule has 0 spiro atoms. The number of benzene rings is 1. The Morgan fingerprint density at radius 1 is 1.35 bits per heavy atom. The van der Waals surface area contributed by atoms with Crippen LogP contribution >= 0.6 is 27.5 Å². The zero-order valence-corrected chi connectivity index (χ0v) is 14.8. The summed E-state index contributed by atoms with van der Waals surface area (Å²) in [6.07, 6.45) is 4.10. The number of nitrogens with one attached hydrogen (secondary N) is 1. The van der Waals surface area contributed by atoms with Gasteiger partial charge in [-0.05, 0) is 69.6 Å². The minimum absolute atomic E-state index is 0.441. The monoisotopic (exact) mass is 355 g/mol. The van der Waals surface area contributed by atoms with E-state index >= 15 is 0 Å². The summed E-state index contributed by atoms with van der Waals surface area (Å²) in [5.74, 6) is 0.888. The molecule has 20 heavy (non-hydrogen) atoms. The standard InChI is InChI=1S/C17H23BrClN/c1-16(2)12-6-7-17(16,3)15(9-12)20-10-11-4-5-13(18)14(19)8-11/h4-5,8,12,15,20H,6-7,9-10H2,1-3H3.